The Bertz CT molecular complexity index is 460. The quantitative estimate of drug-likeness (QED) is 0.785. The summed E-state index contributed by atoms with van der Waals surface area (Å²) in [5.41, 5.74) is 5.81. The maximum absolute atomic E-state index is 13.6. The van der Waals surface area contributed by atoms with Crippen LogP contribution in [0.15, 0.2) is 18.2 Å². The van der Waals surface area contributed by atoms with E-state index >= 15 is 0 Å². The van der Waals surface area contributed by atoms with Gasteiger partial charge in [0.1, 0.15) is 5.82 Å². The fraction of sp³-hybridized carbons (Fsp3) is 0.533. The van der Waals surface area contributed by atoms with E-state index in [0.717, 1.165) is 12.5 Å². The Balaban J connectivity index is 2.65. The molecule has 4 nitrogen and oxygen atoms in total. The van der Waals surface area contributed by atoms with Crippen molar-refractivity contribution in [2.45, 2.75) is 26.3 Å². The Morgan fingerprint density at radius 1 is 1.40 bits per heavy atom. The summed E-state index contributed by atoms with van der Waals surface area (Å²) >= 11 is 0. The van der Waals surface area contributed by atoms with E-state index in [-0.39, 0.29) is 11.6 Å². The monoisotopic (exact) mass is 281 g/mol. The molecule has 0 aliphatic heterocycles. The first-order chi connectivity index (χ1) is 9.31. The first-order valence-corrected chi connectivity index (χ1v) is 6.81. The third-order valence-electron chi connectivity index (χ3n) is 3.21. The normalized spacial score (nSPS) is 12.8. The van der Waals surface area contributed by atoms with Gasteiger partial charge in [0.25, 0.3) is 5.91 Å². The molecule has 5 heteroatoms. The number of hydrogen-bond acceptors (Lipinski definition) is 3. The number of carbonyl (C=O) groups excluding carboxylic acids is 1. The molecule has 0 aromatic heterocycles. The first kappa shape index (κ1) is 16.4. The second-order valence-electron chi connectivity index (χ2n) is 5.70. The summed E-state index contributed by atoms with van der Waals surface area (Å²) in [4.78, 5) is 14.0. The second kappa shape index (κ2) is 7.24. The lowest BCUT2D eigenvalue weighted by atomic mass is 10.0. The van der Waals surface area contributed by atoms with Crippen molar-refractivity contribution in [2.75, 3.05) is 26.4 Å². The van der Waals surface area contributed by atoms with E-state index in [4.69, 9.17) is 5.73 Å². The van der Waals surface area contributed by atoms with Gasteiger partial charge in [-0.3, -0.25) is 4.79 Å². The molecule has 1 atom stereocenters. The lowest BCUT2D eigenvalue weighted by molar-refractivity contribution is 0.0934. The summed E-state index contributed by atoms with van der Waals surface area (Å²) in [5.74, 6) is -0.460. The van der Waals surface area contributed by atoms with Crippen LogP contribution in [0.5, 0.6) is 0 Å². The molecule has 0 spiro atoms. The summed E-state index contributed by atoms with van der Waals surface area (Å²) in [6, 6.07) is 4.32. The fourth-order valence-electron chi connectivity index (χ4n) is 2.04. The Morgan fingerprint density at radius 2 is 2.05 bits per heavy atom. The topological polar surface area (TPSA) is 58.4 Å². The molecule has 0 fully saturated rings. The minimum atomic E-state index is -0.590. The van der Waals surface area contributed by atoms with Crippen molar-refractivity contribution >= 4 is 11.6 Å². The molecule has 0 aliphatic rings. The van der Waals surface area contributed by atoms with Gasteiger partial charge < -0.3 is 16.0 Å². The number of halogens is 1. The molecule has 1 amide bonds. The minimum Gasteiger partial charge on any atom is -0.399 e. The van der Waals surface area contributed by atoms with Crippen LogP contribution in [0, 0.1) is 11.7 Å². The van der Waals surface area contributed by atoms with Crippen LogP contribution in [0.1, 0.15) is 30.6 Å². The standard InChI is InChI=1S/C15H24FN3O/c1-10(2)7-12(19(3)4)9-18-15(20)13-6-5-11(17)8-14(13)16/h5-6,8,10,12H,7,9,17H2,1-4H3,(H,18,20). The molecule has 1 unspecified atom stereocenters. The SMILES string of the molecule is CC(C)CC(CNC(=O)c1ccc(N)cc1F)N(C)C. The molecular weight excluding hydrogens is 257 g/mol. The van der Waals surface area contributed by atoms with Gasteiger partial charge in [-0.25, -0.2) is 4.39 Å². The third-order valence-corrected chi connectivity index (χ3v) is 3.21. The highest BCUT2D eigenvalue weighted by molar-refractivity contribution is 5.94. The average molecular weight is 281 g/mol. The number of likely N-dealkylation sites (N-methyl/N-ethyl adjacent to an activating group) is 1. The Kier molecular flexibility index (Phi) is 5.95. The van der Waals surface area contributed by atoms with E-state index in [1.165, 1.54) is 12.1 Å². The van der Waals surface area contributed by atoms with E-state index in [9.17, 15) is 9.18 Å². The second-order valence-corrected chi connectivity index (χ2v) is 5.70. The number of rotatable bonds is 6. The number of nitrogens with one attached hydrogen (secondary N) is 1. The number of hydrogen-bond donors (Lipinski definition) is 2. The highest BCUT2D eigenvalue weighted by atomic mass is 19.1. The maximum Gasteiger partial charge on any atom is 0.254 e. The molecule has 1 aromatic carbocycles. The molecule has 0 saturated carbocycles. The van der Waals surface area contributed by atoms with Crippen molar-refractivity contribution in [3.63, 3.8) is 0 Å². The molecule has 3 N–H and O–H groups in total. The number of nitrogens with zero attached hydrogens (tertiary/aromatic N) is 1. The third kappa shape index (κ3) is 4.81. The number of nitrogen functional groups attached to an aromatic ring is 1. The molecule has 1 rings (SSSR count). The van der Waals surface area contributed by atoms with Gasteiger partial charge >= 0.3 is 0 Å². The van der Waals surface area contributed by atoms with Gasteiger partial charge in [-0.15, -0.1) is 0 Å². The highest BCUT2D eigenvalue weighted by Crippen LogP contribution is 2.12. The van der Waals surface area contributed by atoms with Gasteiger partial charge in [0, 0.05) is 18.3 Å². The smallest absolute Gasteiger partial charge is 0.254 e. The summed E-state index contributed by atoms with van der Waals surface area (Å²) in [6.07, 6.45) is 0.970. The zero-order chi connectivity index (χ0) is 15.3. The van der Waals surface area contributed by atoms with E-state index in [1.54, 1.807) is 0 Å². The number of benzene rings is 1. The average Bonchev–Trinajstić information content (AvgIpc) is 2.33. The summed E-state index contributed by atoms with van der Waals surface area (Å²) < 4.78 is 13.6. The van der Waals surface area contributed by atoms with Crippen molar-refractivity contribution in [2.24, 2.45) is 5.92 Å². The van der Waals surface area contributed by atoms with Crippen LogP contribution in [0.25, 0.3) is 0 Å². The van der Waals surface area contributed by atoms with E-state index in [0.29, 0.717) is 18.2 Å². The van der Waals surface area contributed by atoms with E-state index in [2.05, 4.69) is 24.1 Å². The zero-order valence-electron chi connectivity index (χ0n) is 12.6. The molecule has 1 aromatic rings. The lowest BCUT2D eigenvalue weighted by Crippen LogP contribution is -2.41. The zero-order valence-corrected chi connectivity index (χ0v) is 12.6. The van der Waals surface area contributed by atoms with Crippen molar-refractivity contribution in [3.8, 4) is 0 Å². The predicted molar refractivity (Wildman–Crippen MR) is 80.1 cm³/mol. The highest BCUT2D eigenvalue weighted by Gasteiger charge is 2.17. The largest absolute Gasteiger partial charge is 0.399 e. The van der Waals surface area contributed by atoms with E-state index in [1.807, 2.05) is 14.1 Å². The van der Waals surface area contributed by atoms with Gasteiger partial charge in [-0.2, -0.15) is 0 Å². The molecule has 0 saturated heterocycles. The molecule has 0 aliphatic carbocycles. The number of carbonyl (C=O) groups is 1. The minimum absolute atomic E-state index is 0.0289. The van der Waals surface area contributed by atoms with Crippen LogP contribution in [-0.4, -0.2) is 37.5 Å². The van der Waals surface area contributed by atoms with Gasteiger partial charge in [0.05, 0.1) is 5.56 Å². The van der Waals surface area contributed by atoms with Crippen LogP contribution < -0.4 is 11.1 Å². The molecular formula is C15H24FN3O. The van der Waals surface area contributed by atoms with E-state index < -0.39 is 11.7 Å². The molecule has 0 radical (unpaired) electrons. The molecule has 0 heterocycles. The van der Waals surface area contributed by atoms with Gasteiger partial charge in [-0.05, 0) is 44.6 Å². The van der Waals surface area contributed by atoms with Crippen LogP contribution >= 0.6 is 0 Å². The summed E-state index contributed by atoms with van der Waals surface area (Å²) in [7, 11) is 3.95. The maximum atomic E-state index is 13.6. The van der Waals surface area contributed by atoms with Gasteiger partial charge in [0.2, 0.25) is 0 Å². The van der Waals surface area contributed by atoms with Crippen molar-refractivity contribution in [1.82, 2.24) is 10.2 Å². The fourth-order valence-corrected chi connectivity index (χ4v) is 2.04. The predicted octanol–water partition coefficient (Wildman–Crippen LogP) is 2.11. The summed E-state index contributed by atoms with van der Waals surface area (Å²) in [5, 5.41) is 2.78. The molecule has 112 valence electrons. The number of amides is 1. The van der Waals surface area contributed by atoms with Crippen LogP contribution in [0.2, 0.25) is 0 Å². The van der Waals surface area contributed by atoms with Crippen molar-refractivity contribution < 1.29 is 9.18 Å². The van der Waals surface area contributed by atoms with Gasteiger partial charge in [-0.1, -0.05) is 13.8 Å². The number of anilines is 1. The Morgan fingerprint density at radius 3 is 2.55 bits per heavy atom. The number of nitrogens with two attached hydrogens (primary N) is 1. The summed E-state index contributed by atoms with van der Waals surface area (Å²) in [6.45, 7) is 4.77. The Labute approximate surface area is 120 Å². The first-order valence-electron chi connectivity index (χ1n) is 6.81. The van der Waals surface area contributed by atoms with Crippen molar-refractivity contribution in [1.29, 1.82) is 0 Å². The van der Waals surface area contributed by atoms with Crippen molar-refractivity contribution in [3.05, 3.63) is 29.6 Å². The Hall–Kier alpha value is -1.62. The van der Waals surface area contributed by atoms with Crippen LogP contribution in [-0.2, 0) is 0 Å². The molecule has 0 bridgehead atoms. The van der Waals surface area contributed by atoms with Crippen LogP contribution in [0.4, 0.5) is 10.1 Å². The lowest BCUT2D eigenvalue weighted by Gasteiger charge is -2.26. The van der Waals surface area contributed by atoms with Gasteiger partial charge in [0.15, 0.2) is 0 Å². The van der Waals surface area contributed by atoms with Crippen LogP contribution in [0.3, 0.4) is 0 Å². The molecule has 20 heavy (non-hydrogen) atoms.